The molecule has 132 valence electrons. The lowest BCUT2D eigenvalue weighted by Crippen LogP contribution is -2.59. The molecule has 4 heteroatoms. The second kappa shape index (κ2) is 5.10. The summed E-state index contributed by atoms with van der Waals surface area (Å²) in [4.78, 5) is 15.4. The van der Waals surface area contributed by atoms with Crippen molar-refractivity contribution >= 4 is 11.7 Å². The third-order valence-corrected chi connectivity index (χ3v) is 7.41. The van der Waals surface area contributed by atoms with Crippen molar-refractivity contribution in [3.8, 4) is 0 Å². The van der Waals surface area contributed by atoms with E-state index in [2.05, 4.69) is 41.4 Å². The predicted molar refractivity (Wildman–Crippen MR) is 97.3 cm³/mol. The lowest BCUT2D eigenvalue weighted by molar-refractivity contribution is -0.137. The summed E-state index contributed by atoms with van der Waals surface area (Å²) in [6, 6.07) is 9.15. The predicted octanol–water partition coefficient (Wildman–Crippen LogP) is 3.45. The number of anilines is 1. The first-order valence-corrected chi connectivity index (χ1v) is 9.59. The van der Waals surface area contributed by atoms with Gasteiger partial charge in [0.2, 0.25) is 0 Å². The zero-order valence-electron chi connectivity index (χ0n) is 15.1. The van der Waals surface area contributed by atoms with E-state index in [0.29, 0.717) is 6.04 Å². The minimum Gasteiger partial charge on any atom is -0.466 e. The second-order valence-corrected chi connectivity index (χ2v) is 8.17. The van der Waals surface area contributed by atoms with E-state index < -0.39 is 0 Å². The molecule has 0 unspecified atom stereocenters. The molecule has 3 atom stereocenters. The Bertz CT molecular complexity index is 786. The first kappa shape index (κ1) is 15.4. The fraction of sp³-hybridized carbons (Fsp3) is 0.571. The van der Waals surface area contributed by atoms with E-state index in [1.165, 1.54) is 37.7 Å². The molecule has 25 heavy (non-hydrogen) atoms. The van der Waals surface area contributed by atoms with Crippen LogP contribution in [0, 0.1) is 5.41 Å². The highest BCUT2D eigenvalue weighted by Crippen LogP contribution is 2.65. The fourth-order valence-electron chi connectivity index (χ4n) is 6.49. The molecule has 0 aromatic heterocycles. The molecular weight excluding hydrogens is 312 g/mol. The summed E-state index contributed by atoms with van der Waals surface area (Å²) in [7, 11) is 1.51. The van der Waals surface area contributed by atoms with Crippen LogP contribution in [0.4, 0.5) is 5.69 Å². The smallest absolute Gasteiger partial charge is 0.335 e. The largest absolute Gasteiger partial charge is 0.466 e. The number of benzene rings is 1. The molecule has 1 aromatic carbocycles. The highest BCUT2D eigenvalue weighted by molar-refractivity contribution is 5.93. The lowest BCUT2D eigenvalue weighted by Gasteiger charge is -2.56. The van der Waals surface area contributed by atoms with E-state index in [9.17, 15) is 4.79 Å². The van der Waals surface area contributed by atoms with Crippen molar-refractivity contribution in [2.75, 3.05) is 25.5 Å². The lowest BCUT2D eigenvalue weighted by atomic mass is 9.53. The van der Waals surface area contributed by atoms with Crippen LogP contribution in [0.15, 0.2) is 35.5 Å². The van der Waals surface area contributed by atoms with E-state index in [0.717, 1.165) is 37.1 Å². The Labute approximate surface area is 149 Å². The number of hydrogen-bond acceptors (Lipinski definition) is 4. The van der Waals surface area contributed by atoms with Crippen LogP contribution in [0.25, 0.3) is 0 Å². The van der Waals surface area contributed by atoms with Gasteiger partial charge in [0.1, 0.15) is 0 Å². The van der Waals surface area contributed by atoms with E-state index in [4.69, 9.17) is 4.74 Å². The summed E-state index contributed by atoms with van der Waals surface area (Å²) in [6.45, 7) is 4.63. The molecule has 0 saturated carbocycles. The van der Waals surface area contributed by atoms with Crippen LogP contribution in [0.1, 0.15) is 44.6 Å². The van der Waals surface area contributed by atoms with Crippen LogP contribution in [0.2, 0.25) is 0 Å². The van der Waals surface area contributed by atoms with Gasteiger partial charge in [-0.05, 0) is 62.2 Å². The summed E-state index contributed by atoms with van der Waals surface area (Å²) in [5, 5.41) is 3.65. The highest BCUT2D eigenvalue weighted by Gasteiger charge is 2.65. The molecule has 1 spiro atoms. The molecule has 5 rings (SSSR count). The van der Waals surface area contributed by atoms with Crippen LogP contribution >= 0.6 is 0 Å². The van der Waals surface area contributed by atoms with Crippen molar-refractivity contribution in [1.29, 1.82) is 0 Å². The summed E-state index contributed by atoms with van der Waals surface area (Å²) >= 11 is 0. The van der Waals surface area contributed by atoms with Crippen LogP contribution in [-0.2, 0) is 14.9 Å². The number of ether oxygens (including phenoxy) is 1. The van der Waals surface area contributed by atoms with Crippen molar-refractivity contribution in [3.63, 3.8) is 0 Å². The van der Waals surface area contributed by atoms with Crippen molar-refractivity contribution < 1.29 is 9.53 Å². The number of methoxy groups -OCH3 is 1. The van der Waals surface area contributed by atoms with Gasteiger partial charge in [-0.25, -0.2) is 4.79 Å². The number of piperidine rings is 1. The minimum absolute atomic E-state index is 0.0607. The molecular formula is C21H26N2O2. The molecule has 4 nitrogen and oxygen atoms in total. The van der Waals surface area contributed by atoms with Crippen molar-refractivity contribution in [3.05, 3.63) is 41.1 Å². The number of para-hydroxylation sites is 1. The molecule has 4 aliphatic rings. The number of nitrogens with one attached hydrogen (secondary N) is 1. The van der Waals surface area contributed by atoms with Gasteiger partial charge in [-0.3, -0.25) is 4.90 Å². The van der Waals surface area contributed by atoms with Gasteiger partial charge in [0.05, 0.1) is 18.1 Å². The Balaban J connectivity index is 1.81. The Morgan fingerprint density at radius 1 is 1.32 bits per heavy atom. The minimum atomic E-state index is -0.148. The Morgan fingerprint density at radius 3 is 2.96 bits per heavy atom. The normalized spacial score (nSPS) is 35.7. The van der Waals surface area contributed by atoms with E-state index in [1.54, 1.807) is 0 Å². The van der Waals surface area contributed by atoms with Crippen LogP contribution < -0.4 is 5.32 Å². The first-order valence-electron chi connectivity index (χ1n) is 9.59. The second-order valence-electron chi connectivity index (χ2n) is 8.17. The summed E-state index contributed by atoms with van der Waals surface area (Å²) in [6.07, 6.45) is 5.50. The Hall–Kier alpha value is -1.81. The van der Waals surface area contributed by atoms with Crippen LogP contribution in [0.3, 0.4) is 0 Å². The third kappa shape index (κ3) is 1.74. The number of carbonyl (C=O) groups is 1. The SMILES string of the molecule is CC[C@]12CCCN3CC[C@@]4(C(=C(C(=O)OC)C1)Nc1ccccc14)[C@@H]32. The molecule has 3 heterocycles. The van der Waals surface area contributed by atoms with Gasteiger partial charge in [0.15, 0.2) is 0 Å². The summed E-state index contributed by atoms with van der Waals surface area (Å²) in [5.41, 5.74) is 4.71. The zero-order chi connectivity index (χ0) is 17.2. The van der Waals surface area contributed by atoms with Crippen molar-refractivity contribution in [2.24, 2.45) is 5.41 Å². The molecule has 2 fully saturated rings. The van der Waals surface area contributed by atoms with Gasteiger partial charge >= 0.3 is 5.97 Å². The molecule has 0 radical (unpaired) electrons. The summed E-state index contributed by atoms with van der Waals surface area (Å²) in [5.74, 6) is -0.148. The maximum atomic E-state index is 12.7. The topological polar surface area (TPSA) is 41.6 Å². The molecule has 3 aliphatic heterocycles. The van der Waals surface area contributed by atoms with Gasteiger partial charge < -0.3 is 10.1 Å². The molecule has 2 saturated heterocycles. The van der Waals surface area contributed by atoms with Crippen molar-refractivity contribution in [2.45, 2.75) is 50.5 Å². The van der Waals surface area contributed by atoms with Gasteiger partial charge in [0.25, 0.3) is 0 Å². The average molecular weight is 338 g/mol. The van der Waals surface area contributed by atoms with Gasteiger partial charge in [0, 0.05) is 17.4 Å². The first-order chi connectivity index (χ1) is 12.2. The molecule has 0 bridgehead atoms. The number of fused-ring (bicyclic) bond motifs is 1. The number of hydrogen-bond donors (Lipinski definition) is 1. The molecule has 1 aromatic rings. The number of nitrogens with zero attached hydrogens (tertiary/aromatic N) is 1. The zero-order valence-corrected chi connectivity index (χ0v) is 15.1. The Morgan fingerprint density at radius 2 is 2.16 bits per heavy atom. The van der Waals surface area contributed by atoms with E-state index in [1.807, 2.05) is 0 Å². The molecule has 1 N–H and O–H groups in total. The maximum absolute atomic E-state index is 12.7. The number of rotatable bonds is 2. The number of esters is 1. The fourth-order valence-corrected chi connectivity index (χ4v) is 6.49. The van der Waals surface area contributed by atoms with Crippen LogP contribution in [-0.4, -0.2) is 37.1 Å². The monoisotopic (exact) mass is 338 g/mol. The standard InChI is InChI=1S/C21H26N2O2/c1-3-20-9-6-11-23-12-10-21(19(20)23)15-7-4-5-8-16(15)22-17(21)14(13-20)18(24)25-2/h4-5,7-8,19,22H,3,6,9-13H2,1-2H3/t19-,20-,21+/m0/s1. The van der Waals surface area contributed by atoms with Gasteiger partial charge in [-0.2, -0.15) is 0 Å². The van der Waals surface area contributed by atoms with Gasteiger partial charge in [-0.1, -0.05) is 25.1 Å². The number of carbonyl (C=O) groups excluding carboxylic acids is 1. The highest BCUT2D eigenvalue weighted by atomic mass is 16.5. The van der Waals surface area contributed by atoms with Gasteiger partial charge in [-0.15, -0.1) is 0 Å². The van der Waals surface area contributed by atoms with Crippen molar-refractivity contribution in [1.82, 2.24) is 4.90 Å². The molecule has 1 aliphatic carbocycles. The Kier molecular flexibility index (Phi) is 3.15. The third-order valence-electron chi connectivity index (χ3n) is 7.41. The quantitative estimate of drug-likeness (QED) is 0.839. The van der Waals surface area contributed by atoms with E-state index >= 15 is 0 Å². The average Bonchev–Trinajstić information content (AvgIpc) is 3.21. The molecule has 0 amide bonds. The summed E-state index contributed by atoms with van der Waals surface area (Å²) < 4.78 is 5.22. The van der Waals surface area contributed by atoms with E-state index in [-0.39, 0.29) is 16.8 Å². The van der Waals surface area contributed by atoms with Crippen LogP contribution in [0.5, 0.6) is 0 Å². The maximum Gasteiger partial charge on any atom is 0.335 e.